The van der Waals surface area contributed by atoms with Crippen LogP contribution in [0.4, 0.5) is 15.3 Å². The number of nitrogens with one attached hydrogen (secondary N) is 1. The molecular weight excluding hydrogens is 302 g/mol. The smallest absolute Gasteiger partial charge is 0.436 e. The van der Waals surface area contributed by atoms with Gasteiger partial charge in [-0.2, -0.15) is 0 Å². The molecule has 0 unspecified atom stereocenters. The van der Waals surface area contributed by atoms with E-state index in [4.69, 9.17) is 14.9 Å². The number of anilines is 1. The van der Waals surface area contributed by atoms with Crippen LogP contribution < -0.4 is 5.43 Å². The minimum absolute atomic E-state index is 0.0571. The molecule has 1 heterocycles. The van der Waals surface area contributed by atoms with Crippen LogP contribution in [0.3, 0.4) is 0 Å². The molecule has 8 nitrogen and oxygen atoms in total. The average Bonchev–Trinajstić information content (AvgIpc) is 3.35. The second-order valence-corrected chi connectivity index (χ2v) is 5.72. The van der Waals surface area contributed by atoms with Crippen LogP contribution >= 0.6 is 0 Å². The second-order valence-electron chi connectivity index (χ2n) is 5.72. The van der Waals surface area contributed by atoms with Gasteiger partial charge >= 0.3 is 12.2 Å². The van der Waals surface area contributed by atoms with Crippen LogP contribution in [-0.4, -0.2) is 58.6 Å². The highest BCUT2D eigenvalue weighted by atomic mass is 16.5. The second kappa shape index (κ2) is 6.05. The number of ether oxygens (including phenoxy) is 1. The van der Waals surface area contributed by atoms with Crippen molar-refractivity contribution < 1.29 is 24.5 Å². The van der Waals surface area contributed by atoms with Crippen molar-refractivity contribution in [2.75, 3.05) is 31.7 Å². The molecule has 2 aliphatic rings. The first-order valence-electron chi connectivity index (χ1n) is 7.49. The van der Waals surface area contributed by atoms with Gasteiger partial charge in [-0.05, 0) is 30.5 Å². The third-order valence-corrected chi connectivity index (χ3v) is 4.39. The first-order valence-corrected chi connectivity index (χ1v) is 7.49. The van der Waals surface area contributed by atoms with Crippen molar-refractivity contribution >= 4 is 17.9 Å². The molecule has 1 saturated heterocycles. The molecule has 1 saturated carbocycles. The number of amides is 2. The van der Waals surface area contributed by atoms with Crippen molar-refractivity contribution in [3.63, 3.8) is 0 Å². The van der Waals surface area contributed by atoms with E-state index in [1.165, 1.54) is 5.56 Å². The molecular formula is C15H19N3O5. The molecule has 1 aromatic carbocycles. The number of benzene rings is 1. The van der Waals surface area contributed by atoms with E-state index in [-0.39, 0.29) is 10.5 Å². The van der Waals surface area contributed by atoms with Gasteiger partial charge in [-0.15, -0.1) is 5.01 Å². The molecule has 0 bridgehead atoms. The first-order chi connectivity index (χ1) is 11.0. The van der Waals surface area contributed by atoms with Crippen LogP contribution in [-0.2, 0) is 10.3 Å². The van der Waals surface area contributed by atoms with Gasteiger partial charge in [-0.25, -0.2) is 9.59 Å². The molecule has 0 spiro atoms. The molecule has 23 heavy (non-hydrogen) atoms. The third kappa shape index (κ3) is 3.08. The minimum atomic E-state index is -1.58. The van der Waals surface area contributed by atoms with Gasteiger partial charge in [0.1, 0.15) is 0 Å². The van der Waals surface area contributed by atoms with Crippen molar-refractivity contribution in [2.24, 2.45) is 0 Å². The van der Waals surface area contributed by atoms with E-state index in [0.717, 1.165) is 39.1 Å². The lowest BCUT2D eigenvalue weighted by Gasteiger charge is -2.35. The van der Waals surface area contributed by atoms with Crippen LogP contribution in [0.2, 0.25) is 0 Å². The van der Waals surface area contributed by atoms with Crippen LogP contribution in [0.5, 0.6) is 0 Å². The Kier molecular flexibility index (Phi) is 4.10. The number of hydrazine groups is 1. The molecule has 2 fully saturated rings. The summed E-state index contributed by atoms with van der Waals surface area (Å²) in [6.07, 6.45) is -0.964. The molecule has 0 aromatic heterocycles. The Morgan fingerprint density at radius 3 is 2.13 bits per heavy atom. The number of imide groups is 1. The molecule has 0 atom stereocenters. The molecule has 2 amide bonds. The summed E-state index contributed by atoms with van der Waals surface area (Å²) in [5.41, 5.74) is 4.00. The highest BCUT2D eigenvalue weighted by molar-refractivity contribution is 5.87. The zero-order valence-electron chi connectivity index (χ0n) is 12.6. The van der Waals surface area contributed by atoms with Crippen LogP contribution in [0.15, 0.2) is 24.3 Å². The van der Waals surface area contributed by atoms with Crippen molar-refractivity contribution in [2.45, 2.75) is 18.4 Å². The van der Waals surface area contributed by atoms with Crippen LogP contribution in [0.25, 0.3) is 0 Å². The predicted octanol–water partition coefficient (Wildman–Crippen LogP) is 1.99. The van der Waals surface area contributed by atoms with Crippen LogP contribution in [0, 0.1) is 0 Å². The highest BCUT2D eigenvalue weighted by Crippen LogP contribution is 2.51. The summed E-state index contributed by atoms with van der Waals surface area (Å²) in [5, 5.41) is 17.8. The van der Waals surface area contributed by atoms with Gasteiger partial charge in [0.05, 0.1) is 18.9 Å². The van der Waals surface area contributed by atoms with Gasteiger partial charge in [0.15, 0.2) is 0 Å². The van der Waals surface area contributed by atoms with Gasteiger partial charge in [0.2, 0.25) is 0 Å². The van der Waals surface area contributed by atoms with E-state index < -0.39 is 12.2 Å². The lowest BCUT2D eigenvalue weighted by atomic mass is 10.0. The quantitative estimate of drug-likeness (QED) is 0.729. The third-order valence-electron chi connectivity index (χ3n) is 4.39. The summed E-state index contributed by atoms with van der Waals surface area (Å²) in [7, 11) is 0. The molecule has 124 valence electrons. The van der Waals surface area contributed by atoms with Gasteiger partial charge in [-0.1, -0.05) is 12.1 Å². The number of hydrogen-bond donors (Lipinski definition) is 3. The van der Waals surface area contributed by atoms with Gasteiger partial charge in [-0.3, -0.25) is 10.3 Å². The predicted molar refractivity (Wildman–Crippen MR) is 81.3 cm³/mol. The molecule has 3 N–H and O–H groups in total. The monoisotopic (exact) mass is 321 g/mol. The maximum Gasteiger partial charge on any atom is 0.436 e. The van der Waals surface area contributed by atoms with E-state index >= 15 is 0 Å². The van der Waals surface area contributed by atoms with Gasteiger partial charge in [0, 0.05) is 18.6 Å². The van der Waals surface area contributed by atoms with E-state index in [2.05, 4.69) is 10.3 Å². The largest absolute Gasteiger partial charge is 0.463 e. The average molecular weight is 321 g/mol. The van der Waals surface area contributed by atoms with Crippen LogP contribution in [0.1, 0.15) is 18.4 Å². The summed E-state index contributed by atoms with van der Waals surface area (Å²) in [6, 6.07) is 7.25. The fraction of sp³-hybridized carbons (Fsp3) is 0.467. The molecule has 1 aliphatic carbocycles. The van der Waals surface area contributed by atoms with Crippen molar-refractivity contribution in [3.8, 4) is 0 Å². The molecule has 0 radical (unpaired) electrons. The molecule has 1 aliphatic heterocycles. The summed E-state index contributed by atoms with van der Waals surface area (Å²) in [5.74, 6) is 0. The summed E-state index contributed by atoms with van der Waals surface area (Å²) < 4.78 is 5.40. The number of carbonyl (C=O) groups is 2. The normalized spacial score (nSPS) is 19.8. The molecule has 8 heteroatoms. The Morgan fingerprint density at radius 1 is 1.09 bits per heavy atom. The van der Waals surface area contributed by atoms with Crippen molar-refractivity contribution in [1.82, 2.24) is 9.91 Å². The molecule has 1 aromatic rings. The summed E-state index contributed by atoms with van der Waals surface area (Å²) in [6.45, 7) is 3.30. The minimum Gasteiger partial charge on any atom is -0.463 e. The number of rotatable bonds is 4. The summed E-state index contributed by atoms with van der Waals surface area (Å²) in [4.78, 5) is 24.1. The Balaban J connectivity index is 1.72. The van der Waals surface area contributed by atoms with Crippen molar-refractivity contribution in [3.05, 3.63) is 29.8 Å². The fourth-order valence-electron chi connectivity index (χ4n) is 3.06. The lowest BCUT2D eigenvalue weighted by molar-refractivity contribution is 0.00835. The Bertz CT molecular complexity index is 580. The standard InChI is InChI=1S/C15H19N3O5/c19-13(20)18(14(21)22)16-12-3-1-11(2-4-12)15(5-6-15)17-7-9-23-10-8-17/h1-4,16H,5-10H2,(H,19,20)(H,21,22). The van der Waals surface area contributed by atoms with E-state index in [9.17, 15) is 9.59 Å². The number of morpholine rings is 1. The maximum absolute atomic E-state index is 10.9. The zero-order chi connectivity index (χ0) is 16.4. The van der Waals surface area contributed by atoms with E-state index in [0.29, 0.717) is 5.69 Å². The Morgan fingerprint density at radius 2 is 1.65 bits per heavy atom. The lowest BCUT2D eigenvalue weighted by Crippen LogP contribution is -2.43. The fourth-order valence-corrected chi connectivity index (χ4v) is 3.06. The molecule has 3 rings (SSSR count). The summed E-state index contributed by atoms with van der Waals surface area (Å²) >= 11 is 0. The Hall–Kier alpha value is -2.32. The van der Waals surface area contributed by atoms with E-state index in [1.54, 1.807) is 12.1 Å². The van der Waals surface area contributed by atoms with E-state index in [1.807, 2.05) is 12.1 Å². The maximum atomic E-state index is 10.9. The van der Waals surface area contributed by atoms with Gasteiger partial charge in [0.25, 0.3) is 0 Å². The number of carboxylic acid groups (broad SMARTS) is 2. The highest BCUT2D eigenvalue weighted by Gasteiger charge is 2.49. The number of nitrogens with zero attached hydrogens (tertiary/aromatic N) is 2. The SMILES string of the molecule is O=C(O)N(Nc1ccc(C2(N3CCOCC3)CC2)cc1)C(=O)O. The topological polar surface area (TPSA) is 102 Å². The van der Waals surface area contributed by atoms with Crippen molar-refractivity contribution in [1.29, 1.82) is 0 Å². The number of hydrogen-bond acceptors (Lipinski definition) is 5. The Labute approximate surface area is 133 Å². The first kappa shape index (κ1) is 15.6. The van der Waals surface area contributed by atoms with Gasteiger partial charge < -0.3 is 14.9 Å². The zero-order valence-corrected chi connectivity index (χ0v) is 12.6.